The van der Waals surface area contributed by atoms with Gasteiger partial charge in [0.1, 0.15) is 28.9 Å². The SMILES string of the molecule is COc1ccc(OC)c(-c2[nH]nc3c2C(c2ccc(C)o2)C(C#N)C(=N)O3)c1. The van der Waals surface area contributed by atoms with E-state index < -0.39 is 11.8 Å². The van der Waals surface area contributed by atoms with Crippen LogP contribution in [0.1, 0.15) is 23.0 Å². The van der Waals surface area contributed by atoms with E-state index in [9.17, 15) is 5.26 Å². The summed E-state index contributed by atoms with van der Waals surface area (Å²) in [7, 11) is 3.16. The first kappa shape index (κ1) is 17.7. The average Bonchev–Trinajstić information content (AvgIpc) is 3.32. The molecule has 0 radical (unpaired) electrons. The summed E-state index contributed by atoms with van der Waals surface area (Å²) < 4.78 is 22.2. The van der Waals surface area contributed by atoms with Crippen LogP contribution >= 0.6 is 0 Å². The monoisotopic (exact) mass is 378 g/mol. The van der Waals surface area contributed by atoms with E-state index in [1.807, 2.05) is 25.1 Å². The van der Waals surface area contributed by atoms with E-state index in [1.165, 1.54) is 0 Å². The van der Waals surface area contributed by atoms with Gasteiger partial charge in [-0.15, -0.1) is 5.10 Å². The molecule has 142 valence electrons. The molecule has 0 saturated heterocycles. The lowest BCUT2D eigenvalue weighted by atomic mass is 9.82. The quantitative estimate of drug-likeness (QED) is 0.716. The van der Waals surface area contributed by atoms with Crippen molar-refractivity contribution in [3.05, 3.63) is 47.4 Å². The zero-order valence-electron chi connectivity index (χ0n) is 15.6. The van der Waals surface area contributed by atoms with E-state index in [1.54, 1.807) is 26.4 Å². The first-order valence-corrected chi connectivity index (χ1v) is 8.60. The Morgan fingerprint density at radius 2 is 2.04 bits per heavy atom. The largest absolute Gasteiger partial charge is 0.497 e. The smallest absolute Gasteiger partial charge is 0.244 e. The number of methoxy groups -OCH3 is 2. The van der Waals surface area contributed by atoms with Crippen molar-refractivity contribution in [3.63, 3.8) is 0 Å². The number of nitrogens with one attached hydrogen (secondary N) is 2. The van der Waals surface area contributed by atoms with Gasteiger partial charge in [0.2, 0.25) is 11.8 Å². The summed E-state index contributed by atoms with van der Waals surface area (Å²) in [4.78, 5) is 0. The highest BCUT2D eigenvalue weighted by atomic mass is 16.5. The molecule has 2 unspecified atom stereocenters. The number of hydrogen-bond acceptors (Lipinski definition) is 7. The maximum Gasteiger partial charge on any atom is 0.244 e. The van der Waals surface area contributed by atoms with Crippen LogP contribution in [0, 0.1) is 29.6 Å². The number of aromatic nitrogens is 2. The standard InChI is InChI=1S/C20H18N4O4/c1-10-4-6-15(27-10)16-13(9-21)19(22)28-20-17(16)18(23-24-20)12-8-11(25-2)5-7-14(12)26-3/h4-8,13,16,22H,1-3H3,(H,23,24). The van der Waals surface area contributed by atoms with Gasteiger partial charge in [0.25, 0.3) is 0 Å². The summed E-state index contributed by atoms with van der Waals surface area (Å²) in [6.45, 7) is 1.83. The summed E-state index contributed by atoms with van der Waals surface area (Å²) >= 11 is 0. The number of H-pyrrole nitrogens is 1. The molecule has 1 aliphatic rings. The summed E-state index contributed by atoms with van der Waals surface area (Å²) in [5.41, 5.74) is 1.97. The van der Waals surface area contributed by atoms with Crippen molar-refractivity contribution < 1.29 is 18.6 Å². The molecule has 1 aromatic carbocycles. The normalized spacial score (nSPS) is 18.1. The van der Waals surface area contributed by atoms with Gasteiger partial charge in [-0.25, -0.2) is 0 Å². The average molecular weight is 378 g/mol. The van der Waals surface area contributed by atoms with E-state index in [-0.39, 0.29) is 11.8 Å². The summed E-state index contributed by atoms with van der Waals surface area (Å²) in [6.07, 6.45) is 0. The lowest BCUT2D eigenvalue weighted by Gasteiger charge is -2.26. The molecule has 0 spiro atoms. The van der Waals surface area contributed by atoms with E-state index in [2.05, 4.69) is 16.3 Å². The van der Waals surface area contributed by atoms with Crippen LogP contribution in [0.25, 0.3) is 11.3 Å². The molecule has 0 amide bonds. The molecule has 28 heavy (non-hydrogen) atoms. The molecule has 0 saturated carbocycles. The zero-order chi connectivity index (χ0) is 19.8. The van der Waals surface area contributed by atoms with Crippen molar-refractivity contribution in [2.45, 2.75) is 12.8 Å². The Bertz CT molecular complexity index is 1090. The third-order valence-corrected chi connectivity index (χ3v) is 4.79. The van der Waals surface area contributed by atoms with Gasteiger partial charge in [0.05, 0.1) is 37.5 Å². The third-order valence-electron chi connectivity index (χ3n) is 4.79. The van der Waals surface area contributed by atoms with Gasteiger partial charge < -0.3 is 18.6 Å². The number of aryl methyl sites for hydroxylation is 1. The number of ether oxygens (including phenoxy) is 3. The first-order valence-electron chi connectivity index (χ1n) is 8.60. The molecule has 2 aromatic heterocycles. The van der Waals surface area contributed by atoms with Crippen molar-refractivity contribution in [2.24, 2.45) is 5.92 Å². The van der Waals surface area contributed by atoms with E-state index in [0.29, 0.717) is 34.1 Å². The van der Waals surface area contributed by atoms with Crippen molar-refractivity contribution in [2.75, 3.05) is 14.2 Å². The summed E-state index contributed by atoms with van der Waals surface area (Å²) in [6, 6.07) is 11.2. The van der Waals surface area contributed by atoms with Gasteiger partial charge in [0, 0.05) is 5.56 Å². The van der Waals surface area contributed by atoms with Crippen LogP contribution in [0.2, 0.25) is 0 Å². The number of benzene rings is 1. The molecular weight excluding hydrogens is 360 g/mol. The van der Waals surface area contributed by atoms with Crippen LogP contribution in [-0.2, 0) is 0 Å². The fourth-order valence-corrected chi connectivity index (χ4v) is 3.46. The molecule has 3 aromatic rings. The third kappa shape index (κ3) is 2.68. The van der Waals surface area contributed by atoms with Crippen LogP contribution in [0.4, 0.5) is 0 Å². The fourth-order valence-electron chi connectivity index (χ4n) is 3.46. The summed E-state index contributed by atoms with van der Waals surface area (Å²) in [5.74, 6) is 1.24. The maximum absolute atomic E-state index is 9.72. The number of hydrogen-bond donors (Lipinski definition) is 2. The highest BCUT2D eigenvalue weighted by molar-refractivity contribution is 5.87. The minimum absolute atomic E-state index is 0.162. The molecule has 2 N–H and O–H groups in total. The molecule has 0 fully saturated rings. The fraction of sp³-hybridized carbons (Fsp3) is 0.250. The second kappa shape index (κ2) is 6.78. The van der Waals surface area contributed by atoms with Gasteiger partial charge in [-0.05, 0) is 37.3 Å². The number of fused-ring (bicyclic) bond motifs is 1. The summed E-state index contributed by atoms with van der Waals surface area (Å²) in [5, 5.41) is 25.1. The second-order valence-electron chi connectivity index (χ2n) is 6.38. The van der Waals surface area contributed by atoms with Gasteiger partial charge in [-0.1, -0.05) is 0 Å². The maximum atomic E-state index is 9.72. The Morgan fingerprint density at radius 3 is 2.68 bits per heavy atom. The van der Waals surface area contributed by atoms with Crippen LogP contribution < -0.4 is 14.2 Å². The highest BCUT2D eigenvalue weighted by Crippen LogP contribution is 2.47. The van der Waals surface area contributed by atoms with E-state index in [0.717, 1.165) is 5.76 Å². The highest BCUT2D eigenvalue weighted by Gasteiger charge is 2.42. The van der Waals surface area contributed by atoms with Crippen LogP contribution in [-0.4, -0.2) is 30.3 Å². The van der Waals surface area contributed by atoms with E-state index in [4.69, 9.17) is 24.0 Å². The van der Waals surface area contributed by atoms with Gasteiger partial charge in [0.15, 0.2) is 0 Å². The molecular formula is C20H18N4O4. The minimum atomic E-state index is -0.842. The van der Waals surface area contributed by atoms with Gasteiger partial charge in [-0.2, -0.15) is 5.26 Å². The van der Waals surface area contributed by atoms with Gasteiger partial charge >= 0.3 is 0 Å². The molecule has 0 aliphatic carbocycles. The number of nitrogens with zero attached hydrogens (tertiary/aromatic N) is 2. The second-order valence-corrected chi connectivity index (χ2v) is 6.38. The number of rotatable bonds is 4. The number of furan rings is 1. The van der Waals surface area contributed by atoms with Crippen molar-refractivity contribution >= 4 is 5.90 Å². The molecule has 8 heteroatoms. The van der Waals surface area contributed by atoms with Crippen LogP contribution in [0.5, 0.6) is 17.4 Å². The lowest BCUT2D eigenvalue weighted by molar-refractivity contribution is 0.392. The van der Waals surface area contributed by atoms with Crippen molar-refractivity contribution in [1.29, 1.82) is 10.7 Å². The van der Waals surface area contributed by atoms with Crippen molar-refractivity contribution in [3.8, 4) is 34.7 Å². The molecule has 2 atom stereocenters. The molecule has 4 rings (SSSR count). The Morgan fingerprint density at radius 1 is 1.21 bits per heavy atom. The number of aromatic amines is 1. The van der Waals surface area contributed by atoms with Crippen molar-refractivity contribution in [1.82, 2.24) is 10.2 Å². The minimum Gasteiger partial charge on any atom is -0.497 e. The first-order chi connectivity index (χ1) is 13.6. The Kier molecular flexibility index (Phi) is 4.28. The van der Waals surface area contributed by atoms with Crippen LogP contribution in [0.15, 0.2) is 34.7 Å². The number of nitriles is 1. The Balaban J connectivity index is 1.96. The Labute approximate surface area is 161 Å². The molecule has 8 nitrogen and oxygen atoms in total. The molecule has 0 bridgehead atoms. The zero-order valence-corrected chi connectivity index (χ0v) is 15.6. The molecule has 3 heterocycles. The lowest BCUT2D eigenvalue weighted by Crippen LogP contribution is -2.30. The topological polar surface area (TPSA) is 117 Å². The van der Waals surface area contributed by atoms with Gasteiger partial charge in [-0.3, -0.25) is 10.5 Å². The van der Waals surface area contributed by atoms with E-state index >= 15 is 0 Å². The predicted octanol–water partition coefficient (Wildman–Crippen LogP) is 3.64. The predicted molar refractivity (Wildman–Crippen MR) is 99.9 cm³/mol. The molecule has 1 aliphatic heterocycles. The van der Waals surface area contributed by atoms with Crippen LogP contribution in [0.3, 0.4) is 0 Å². The Hall–Kier alpha value is -3.73.